The largest absolute Gasteiger partial charge is 0.442 e. The highest BCUT2D eigenvalue weighted by molar-refractivity contribution is 5.87. The zero-order chi connectivity index (χ0) is 28.2. The number of likely N-dealkylation sites (N-methyl/N-ethyl adjacent to an activating group) is 2. The highest BCUT2D eigenvalue weighted by atomic mass is 16.7. The molecule has 0 aliphatic heterocycles. The summed E-state index contributed by atoms with van der Waals surface area (Å²) < 4.78 is 10.9. The molecule has 0 fully saturated rings. The second kappa shape index (κ2) is 16.0. The number of nitrogens with zero attached hydrogens (tertiary/aromatic N) is 3. The van der Waals surface area contributed by atoms with E-state index in [0.717, 1.165) is 17.9 Å². The normalized spacial score (nSPS) is 15.3. The zero-order valence-electron chi connectivity index (χ0n) is 24.7. The second-order valence-corrected chi connectivity index (χ2v) is 10.8. The van der Waals surface area contributed by atoms with E-state index in [-0.39, 0.29) is 48.9 Å². The summed E-state index contributed by atoms with van der Waals surface area (Å²) in [6.07, 6.45) is 1.05. The summed E-state index contributed by atoms with van der Waals surface area (Å²) in [4.78, 5) is 47.1. The quantitative estimate of drug-likeness (QED) is 0.334. The van der Waals surface area contributed by atoms with E-state index < -0.39 is 17.7 Å². The summed E-state index contributed by atoms with van der Waals surface area (Å²) >= 11 is 0. The third-order valence-corrected chi connectivity index (χ3v) is 6.32. The van der Waals surface area contributed by atoms with Crippen LogP contribution in [0.1, 0.15) is 68.2 Å². The smallest absolute Gasteiger partial charge is 0.434 e. The molecular weight excluding hydrogens is 464 g/mol. The third kappa shape index (κ3) is 11.4. The number of rotatable bonds is 15. The number of methoxy groups -OCH3 is 1. The predicted octanol–water partition coefficient (Wildman–Crippen LogP) is 3.16. The van der Waals surface area contributed by atoms with Gasteiger partial charge in [0, 0.05) is 27.7 Å². The van der Waals surface area contributed by atoms with E-state index in [1.54, 1.807) is 39.8 Å². The molecule has 3 amide bonds. The molecule has 0 aromatic heterocycles. The molecule has 0 heterocycles. The maximum atomic E-state index is 13.0. The molecule has 0 spiro atoms. The number of amides is 3. The summed E-state index contributed by atoms with van der Waals surface area (Å²) in [5.41, 5.74) is -0.618. The van der Waals surface area contributed by atoms with E-state index in [2.05, 4.69) is 19.2 Å². The zero-order valence-corrected chi connectivity index (χ0v) is 24.7. The molecular formula is C26H52N4O6. The lowest BCUT2D eigenvalue weighted by Crippen LogP contribution is -2.54. The summed E-state index contributed by atoms with van der Waals surface area (Å²) in [6, 6.07) is -0.539. The molecule has 0 aliphatic carbocycles. The molecule has 0 bridgehead atoms. The van der Waals surface area contributed by atoms with Crippen LogP contribution in [0.2, 0.25) is 0 Å². The van der Waals surface area contributed by atoms with Gasteiger partial charge in [-0.15, -0.1) is 0 Å². The van der Waals surface area contributed by atoms with E-state index in [9.17, 15) is 14.4 Å². The molecule has 4 unspecified atom stereocenters. The molecule has 0 saturated carbocycles. The summed E-state index contributed by atoms with van der Waals surface area (Å²) in [5.74, 6) is -0.129. The summed E-state index contributed by atoms with van der Waals surface area (Å²) in [7, 11) is 6.75. The van der Waals surface area contributed by atoms with Crippen LogP contribution in [0.15, 0.2) is 0 Å². The molecule has 0 rings (SSSR count). The van der Waals surface area contributed by atoms with Crippen molar-refractivity contribution in [3.8, 4) is 0 Å². The van der Waals surface area contributed by atoms with Crippen LogP contribution >= 0.6 is 0 Å². The second-order valence-electron chi connectivity index (χ2n) is 10.8. The van der Waals surface area contributed by atoms with E-state index in [1.165, 1.54) is 7.05 Å². The maximum Gasteiger partial charge on any atom is 0.434 e. The Labute approximate surface area is 218 Å². The van der Waals surface area contributed by atoms with Gasteiger partial charge in [-0.1, -0.05) is 41.0 Å². The van der Waals surface area contributed by atoms with Crippen molar-refractivity contribution >= 4 is 17.9 Å². The minimum Gasteiger partial charge on any atom is -0.442 e. The van der Waals surface area contributed by atoms with Crippen molar-refractivity contribution in [2.75, 3.05) is 47.9 Å². The predicted molar refractivity (Wildman–Crippen MR) is 141 cm³/mol. The third-order valence-electron chi connectivity index (χ3n) is 6.32. The van der Waals surface area contributed by atoms with Gasteiger partial charge in [0.25, 0.3) is 0 Å². The topological polar surface area (TPSA) is 101 Å². The number of ether oxygens (including phenoxy) is 2. The molecule has 212 valence electrons. The number of hydroxylamine groups is 2. The SMILES string of the molecule is CCC(C)C(C(CC)OC)N(C)C(=O)CNC(=O)C(C(C)C)N(C)CCON(C)C(=O)OC(C)(C)C. The Morgan fingerprint density at radius 3 is 2.00 bits per heavy atom. The van der Waals surface area contributed by atoms with Gasteiger partial charge in [-0.25, -0.2) is 4.79 Å². The monoisotopic (exact) mass is 516 g/mol. The number of hydrogen-bond acceptors (Lipinski definition) is 7. The van der Waals surface area contributed by atoms with Gasteiger partial charge in [-0.05, 0) is 46.1 Å². The van der Waals surface area contributed by atoms with Gasteiger partial charge in [0.05, 0.1) is 31.3 Å². The van der Waals surface area contributed by atoms with Gasteiger partial charge in [0.2, 0.25) is 11.8 Å². The highest BCUT2D eigenvalue weighted by Crippen LogP contribution is 2.21. The van der Waals surface area contributed by atoms with E-state index in [4.69, 9.17) is 14.3 Å². The van der Waals surface area contributed by atoms with Crippen molar-refractivity contribution in [3.05, 3.63) is 0 Å². The molecule has 0 aromatic carbocycles. The van der Waals surface area contributed by atoms with Crippen molar-refractivity contribution < 1.29 is 28.7 Å². The van der Waals surface area contributed by atoms with Crippen LogP contribution in [-0.2, 0) is 23.9 Å². The fourth-order valence-corrected chi connectivity index (χ4v) is 4.20. The van der Waals surface area contributed by atoms with Gasteiger partial charge in [0.1, 0.15) is 5.60 Å². The molecule has 10 heteroatoms. The number of carbonyl (C=O) groups is 3. The van der Waals surface area contributed by atoms with E-state index in [0.29, 0.717) is 6.54 Å². The first-order valence-corrected chi connectivity index (χ1v) is 13.0. The summed E-state index contributed by atoms with van der Waals surface area (Å²) in [6.45, 7) is 16.0. The first kappa shape index (κ1) is 34.1. The number of carbonyl (C=O) groups excluding carboxylic acids is 3. The number of nitrogens with one attached hydrogen (secondary N) is 1. The first-order chi connectivity index (χ1) is 16.6. The number of hydrogen-bond donors (Lipinski definition) is 1. The fraction of sp³-hybridized carbons (Fsp3) is 0.885. The first-order valence-electron chi connectivity index (χ1n) is 13.0. The van der Waals surface area contributed by atoms with E-state index in [1.807, 2.05) is 32.7 Å². The Kier molecular flexibility index (Phi) is 15.2. The van der Waals surface area contributed by atoms with Crippen LogP contribution in [0.5, 0.6) is 0 Å². The fourth-order valence-electron chi connectivity index (χ4n) is 4.20. The van der Waals surface area contributed by atoms with Crippen LogP contribution < -0.4 is 5.32 Å². The van der Waals surface area contributed by atoms with Crippen LogP contribution in [0, 0.1) is 11.8 Å². The van der Waals surface area contributed by atoms with Crippen molar-refractivity contribution in [1.82, 2.24) is 20.2 Å². The van der Waals surface area contributed by atoms with Gasteiger partial charge in [-0.2, -0.15) is 5.06 Å². The van der Waals surface area contributed by atoms with Crippen LogP contribution in [0.3, 0.4) is 0 Å². The molecule has 1 N–H and O–H groups in total. The minimum atomic E-state index is -0.618. The van der Waals surface area contributed by atoms with Crippen LogP contribution in [0.4, 0.5) is 4.79 Å². The highest BCUT2D eigenvalue weighted by Gasteiger charge is 2.32. The Hall–Kier alpha value is -1.91. The van der Waals surface area contributed by atoms with Crippen molar-refractivity contribution in [2.45, 2.75) is 92.0 Å². The average molecular weight is 517 g/mol. The summed E-state index contributed by atoms with van der Waals surface area (Å²) in [5, 5.41) is 3.87. The molecule has 0 radical (unpaired) electrons. The van der Waals surface area contributed by atoms with Crippen molar-refractivity contribution in [1.29, 1.82) is 0 Å². The van der Waals surface area contributed by atoms with Gasteiger partial charge >= 0.3 is 6.09 Å². The Balaban J connectivity index is 5.01. The van der Waals surface area contributed by atoms with Gasteiger partial charge in [0.15, 0.2) is 0 Å². The molecule has 0 aromatic rings. The average Bonchev–Trinajstić information content (AvgIpc) is 2.78. The molecule has 36 heavy (non-hydrogen) atoms. The lowest BCUT2D eigenvalue weighted by atomic mass is 9.91. The molecule has 0 aliphatic rings. The minimum absolute atomic E-state index is 0.00255. The van der Waals surface area contributed by atoms with Crippen molar-refractivity contribution in [2.24, 2.45) is 11.8 Å². The molecule has 4 atom stereocenters. The maximum absolute atomic E-state index is 13.0. The lowest BCUT2D eigenvalue weighted by molar-refractivity contribution is -0.141. The van der Waals surface area contributed by atoms with Gasteiger partial charge < -0.3 is 19.7 Å². The van der Waals surface area contributed by atoms with Crippen molar-refractivity contribution in [3.63, 3.8) is 0 Å². The van der Waals surface area contributed by atoms with Crippen LogP contribution in [0.25, 0.3) is 0 Å². The molecule has 10 nitrogen and oxygen atoms in total. The lowest BCUT2D eigenvalue weighted by Gasteiger charge is -2.37. The van der Waals surface area contributed by atoms with Crippen LogP contribution in [-0.4, -0.2) is 105 Å². The van der Waals surface area contributed by atoms with E-state index >= 15 is 0 Å². The standard InChI is InChI=1S/C26H52N4O6/c1-13-19(5)23(20(14-2)34-12)29(10)21(31)17-27-24(32)22(18(3)4)28(9)15-16-35-30(11)25(33)36-26(6,7)8/h18-20,22-23H,13-17H2,1-12H3,(H,27,32). The Bertz CT molecular complexity index is 678. The Morgan fingerprint density at radius 2 is 1.56 bits per heavy atom. The molecule has 0 saturated heterocycles. The Morgan fingerprint density at radius 1 is 0.972 bits per heavy atom. The van der Waals surface area contributed by atoms with Gasteiger partial charge in [-0.3, -0.25) is 19.3 Å².